The van der Waals surface area contributed by atoms with E-state index in [2.05, 4.69) is 23.4 Å². The minimum Gasteiger partial charge on any atom is -0.385 e. The molecule has 0 saturated carbocycles. The Morgan fingerprint density at radius 1 is 1.38 bits per heavy atom. The Labute approximate surface area is 136 Å². The third kappa shape index (κ3) is 3.71. The Balaban J connectivity index is 2.48. The highest BCUT2D eigenvalue weighted by molar-refractivity contribution is 6.35. The Kier molecular flexibility index (Phi) is 5.18. The predicted molar refractivity (Wildman–Crippen MR) is 89.3 cm³/mol. The number of imidazole rings is 1. The quantitative estimate of drug-likeness (QED) is 0.693. The van der Waals surface area contributed by atoms with E-state index in [1.807, 2.05) is 25.1 Å². The molecule has 2 aromatic rings. The summed E-state index contributed by atoms with van der Waals surface area (Å²) in [6, 6.07) is 5.79. The molecular formula is C16H22Cl2N2O. The van der Waals surface area contributed by atoms with E-state index in [9.17, 15) is 0 Å². The van der Waals surface area contributed by atoms with Crippen LogP contribution in [0.4, 0.5) is 0 Å². The lowest BCUT2D eigenvalue weighted by Gasteiger charge is -2.26. The molecule has 0 aliphatic carbocycles. The molecule has 5 heteroatoms. The molecule has 21 heavy (non-hydrogen) atoms. The van der Waals surface area contributed by atoms with Crippen LogP contribution in [0.25, 0.3) is 11.0 Å². The number of alkyl halides is 1. The molecule has 1 aromatic heterocycles. The van der Waals surface area contributed by atoms with Gasteiger partial charge >= 0.3 is 0 Å². The Morgan fingerprint density at radius 3 is 2.71 bits per heavy atom. The molecule has 0 aliphatic rings. The van der Waals surface area contributed by atoms with Gasteiger partial charge in [-0.25, -0.2) is 4.98 Å². The Morgan fingerprint density at radius 2 is 2.10 bits per heavy atom. The fraction of sp³-hybridized carbons (Fsp3) is 0.562. The molecular weight excluding hydrogens is 307 g/mol. The van der Waals surface area contributed by atoms with E-state index >= 15 is 0 Å². The standard InChI is InChI=1S/C16H22Cl2N2O/c1-11(17)15-19-13-7-5-6-12(18)14(13)20(15)10-16(2,3)8-9-21-4/h5-7,11H,8-10H2,1-4H3. The number of halogens is 2. The lowest BCUT2D eigenvalue weighted by atomic mass is 9.89. The fourth-order valence-electron chi connectivity index (χ4n) is 2.51. The number of ether oxygens (including phenoxy) is 1. The predicted octanol–water partition coefficient (Wildman–Crippen LogP) is 5.05. The van der Waals surface area contributed by atoms with Crippen LogP contribution in [0.3, 0.4) is 0 Å². The highest BCUT2D eigenvalue weighted by Gasteiger charge is 2.24. The maximum Gasteiger partial charge on any atom is 0.127 e. The second-order valence-corrected chi connectivity index (χ2v) is 7.25. The van der Waals surface area contributed by atoms with Gasteiger partial charge in [-0.3, -0.25) is 0 Å². The van der Waals surface area contributed by atoms with Gasteiger partial charge < -0.3 is 9.30 Å². The van der Waals surface area contributed by atoms with Crippen molar-refractivity contribution in [2.75, 3.05) is 13.7 Å². The zero-order chi connectivity index (χ0) is 15.6. The van der Waals surface area contributed by atoms with Gasteiger partial charge in [0.25, 0.3) is 0 Å². The van der Waals surface area contributed by atoms with E-state index in [1.165, 1.54) is 0 Å². The number of benzene rings is 1. The highest BCUT2D eigenvalue weighted by Crippen LogP contribution is 2.33. The largest absolute Gasteiger partial charge is 0.385 e. The molecule has 1 heterocycles. The number of hydrogen-bond acceptors (Lipinski definition) is 2. The number of aromatic nitrogens is 2. The molecule has 0 aliphatic heterocycles. The Bertz CT molecular complexity index is 620. The van der Waals surface area contributed by atoms with Crippen molar-refractivity contribution in [3.8, 4) is 0 Å². The maximum atomic E-state index is 6.38. The summed E-state index contributed by atoms with van der Waals surface area (Å²) in [5.41, 5.74) is 1.93. The maximum absolute atomic E-state index is 6.38. The van der Waals surface area contributed by atoms with Crippen molar-refractivity contribution in [1.29, 1.82) is 0 Å². The molecule has 0 radical (unpaired) electrons. The third-order valence-electron chi connectivity index (χ3n) is 3.67. The molecule has 3 nitrogen and oxygen atoms in total. The van der Waals surface area contributed by atoms with Gasteiger partial charge in [-0.15, -0.1) is 11.6 Å². The summed E-state index contributed by atoms with van der Waals surface area (Å²) in [6.07, 6.45) is 0.962. The molecule has 2 rings (SSSR count). The van der Waals surface area contributed by atoms with Gasteiger partial charge in [-0.2, -0.15) is 0 Å². The average molecular weight is 329 g/mol. The SMILES string of the molecule is COCCC(C)(C)Cn1c(C(C)Cl)nc2cccc(Cl)c21. The summed E-state index contributed by atoms with van der Waals surface area (Å²) in [5.74, 6) is 0.866. The molecule has 116 valence electrons. The van der Waals surface area contributed by atoms with Crippen LogP contribution in [0, 0.1) is 5.41 Å². The summed E-state index contributed by atoms with van der Waals surface area (Å²) in [5, 5.41) is 0.554. The van der Waals surface area contributed by atoms with Crippen LogP contribution in [0.15, 0.2) is 18.2 Å². The van der Waals surface area contributed by atoms with E-state index in [-0.39, 0.29) is 10.8 Å². The molecule has 0 fully saturated rings. The fourth-order valence-corrected chi connectivity index (χ4v) is 2.95. The zero-order valence-electron chi connectivity index (χ0n) is 13.0. The number of hydrogen-bond donors (Lipinski definition) is 0. The van der Waals surface area contributed by atoms with Gasteiger partial charge in [0.15, 0.2) is 0 Å². The van der Waals surface area contributed by atoms with E-state index in [0.29, 0.717) is 5.02 Å². The van der Waals surface area contributed by atoms with Crippen molar-refractivity contribution < 1.29 is 4.74 Å². The van der Waals surface area contributed by atoms with Crippen molar-refractivity contribution in [2.24, 2.45) is 5.41 Å². The van der Waals surface area contributed by atoms with Gasteiger partial charge in [0.2, 0.25) is 0 Å². The molecule has 0 saturated heterocycles. The molecule has 1 aromatic carbocycles. The monoisotopic (exact) mass is 328 g/mol. The summed E-state index contributed by atoms with van der Waals surface area (Å²) in [6.45, 7) is 7.92. The average Bonchev–Trinajstić information content (AvgIpc) is 2.76. The second kappa shape index (κ2) is 6.55. The summed E-state index contributed by atoms with van der Waals surface area (Å²) in [4.78, 5) is 4.65. The van der Waals surface area contributed by atoms with Crippen LogP contribution < -0.4 is 0 Å². The van der Waals surface area contributed by atoms with Crippen molar-refractivity contribution in [3.63, 3.8) is 0 Å². The number of rotatable bonds is 6. The van der Waals surface area contributed by atoms with Crippen LogP contribution >= 0.6 is 23.2 Å². The van der Waals surface area contributed by atoms with Gasteiger partial charge in [-0.05, 0) is 30.9 Å². The normalized spacial score (nSPS) is 13.8. The van der Waals surface area contributed by atoms with Crippen LogP contribution in [0.5, 0.6) is 0 Å². The minimum absolute atomic E-state index is 0.0728. The molecule has 1 atom stereocenters. The molecule has 0 amide bonds. The first-order valence-corrected chi connectivity index (χ1v) is 7.95. The summed E-state index contributed by atoms with van der Waals surface area (Å²) in [7, 11) is 1.73. The first-order chi connectivity index (χ1) is 9.85. The van der Waals surface area contributed by atoms with Crippen molar-refractivity contribution in [1.82, 2.24) is 9.55 Å². The van der Waals surface area contributed by atoms with Gasteiger partial charge in [0, 0.05) is 20.3 Å². The first kappa shape index (κ1) is 16.6. The topological polar surface area (TPSA) is 27.1 Å². The number of methoxy groups -OCH3 is 1. The number of fused-ring (bicyclic) bond motifs is 1. The van der Waals surface area contributed by atoms with E-state index in [4.69, 9.17) is 27.9 Å². The lowest BCUT2D eigenvalue weighted by Crippen LogP contribution is -2.23. The molecule has 0 N–H and O–H groups in total. The van der Waals surface area contributed by atoms with E-state index in [1.54, 1.807) is 7.11 Å². The Hall–Kier alpha value is -0.770. The third-order valence-corrected chi connectivity index (χ3v) is 4.17. The summed E-state index contributed by atoms with van der Waals surface area (Å²) < 4.78 is 7.37. The van der Waals surface area contributed by atoms with Crippen molar-refractivity contribution in [2.45, 2.75) is 39.1 Å². The molecule has 0 spiro atoms. The first-order valence-electron chi connectivity index (χ1n) is 7.13. The lowest BCUT2D eigenvalue weighted by molar-refractivity contribution is 0.142. The second-order valence-electron chi connectivity index (χ2n) is 6.19. The van der Waals surface area contributed by atoms with Crippen LogP contribution in [0.2, 0.25) is 5.02 Å². The van der Waals surface area contributed by atoms with Crippen LogP contribution in [-0.2, 0) is 11.3 Å². The van der Waals surface area contributed by atoms with Gasteiger partial charge in [0.1, 0.15) is 5.82 Å². The minimum atomic E-state index is -0.160. The molecule has 0 bridgehead atoms. The number of nitrogens with zero attached hydrogens (tertiary/aromatic N) is 2. The molecule has 1 unspecified atom stereocenters. The number of para-hydroxylation sites is 1. The van der Waals surface area contributed by atoms with Gasteiger partial charge in [0.05, 0.1) is 21.4 Å². The summed E-state index contributed by atoms with van der Waals surface area (Å²) >= 11 is 12.7. The van der Waals surface area contributed by atoms with Crippen LogP contribution in [-0.4, -0.2) is 23.3 Å². The van der Waals surface area contributed by atoms with Gasteiger partial charge in [-0.1, -0.05) is 31.5 Å². The smallest absolute Gasteiger partial charge is 0.127 e. The zero-order valence-corrected chi connectivity index (χ0v) is 14.5. The highest BCUT2D eigenvalue weighted by atomic mass is 35.5. The van der Waals surface area contributed by atoms with Crippen molar-refractivity contribution in [3.05, 3.63) is 29.0 Å². The van der Waals surface area contributed by atoms with E-state index < -0.39 is 0 Å². The van der Waals surface area contributed by atoms with E-state index in [0.717, 1.165) is 36.4 Å². The van der Waals surface area contributed by atoms with Crippen molar-refractivity contribution >= 4 is 34.2 Å². The van der Waals surface area contributed by atoms with Crippen LogP contribution in [0.1, 0.15) is 38.4 Å².